The predicted octanol–water partition coefficient (Wildman–Crippen LogP) is 2.60. The van der Waals surface area contributed by atoms with Crippen molar-refractivity contribution in [2.75, 3.05) is 12.4 Å². The molecule has 2 aromatic rings. The average Bonchev–Trinajstić information content (AvgIpc) is 2.89. The van der Waals surface area contributed by atoms with Gasteiger partial charge in [0.15, 0.2) is 0 Å². The maximum absolute atomic E-state index is 12.6. The van der Waals surface area contributed by atoms with Crippen LogP contribution in [0.5, 0.6) is 0 Å². The highest BCUT2D eigenvalue weighted by Crippen LogP contribution is 2.36. The molecular formula is C21H25BN2O4. The van der Waals surface area contributed by atoms with Crippen molar-refractivity contribution in [3.05, 3.63) is 59.7 Å². The Morgan fingerprint density at radius 1 is 0.857 bits per heavy atom. The first kappa shape index (κ1) is 20.1. The molecule has 2 aromatic carbocycles. The molecule has 1 fully saturated rings. The number of carbonyl (C=O) groups is 2. The highest BCUT2D eigenvalue weighted by molar-refractivity contribution is 6.62. The van der Waals surface area contributed by atoms with Gasteiger partial charge in [-0.2, -0.15) is 0 Å². The van der Waals surface area contributed by atoms with Gasteiger partial charge in [0.05, 0.1) is 11.2 Å². The number of anilines is 1. The van der Waals surface area contributed by atoms with E-state index in [-0.39, 0.29) is 11.8 Å². The molecule has 2 N–H and O–H groups in total. The quantitative estimate of drug-likeness (QED) is 0.800. The molecule has 3 rings (SSSR count). The van der Waals surface area contributed by atoms with Gasteiger partial charge in [0.25, 0.3) is 11.8 Å². The van der Waals surface area contributed by atoms with Crippen molar-refractivity contribution in [3.63, 3.8) is 0 Å². The summed E-state index contributed by atoms with van der Waals surface area (Å²) in [6.45, 7) is 7.97. The smallest absolute Gasteiger partial charge is 0.399 e. The zero-order chi connectivity index (χ0) is 20.5. The standard InChI is InChI=1S/C21H25BN2O4/c1-20(2)21(3,4)28-22(27-20)16-8-6-7-15(13-16)19(26)24-17-11-9-14(10-12-17)18(25)23-5/h6-13H,1-5H3,(H,23,25)(H,24,26). The Labute approximate surface area is 165 Å². The maximum atomic E-state index is 12.6. The molecule has 1 aliphatic heterocycles. The third-order valence-corrected chi connectivity index (χ3v) is 5.31. The maximum Gasteiger partial charge on any atom is 0.494 e. The van der Waals surface area contributed by atoms with Crippen LogP contribution in [0.1, 0.15) is 48.4 Å². The topological polar surface area (TPSA) is 76.7 Å². The number of amides is 2. The molecule has 0 spiro atoms. The number of benzene rings is 2. The summed E-state index contributed by atoms with van der Waals surface area (Å²) in [4.78, 5) is 24.2. The molecule has 7 heteroatoms. The van der Waals surface area contributed by atoms with E-state index < -0.39 is 18.3 Å². The van der Waals surface area contributed by atoms with Crippen LogP contribution >= 0.6 is 0 Å². The molecule has 1 heterocycles. The fraction of sp³-hybridized carbons (Fsp3) is 0.333. The van der Waals surface area contributed by atoms with E-state index in [9.17, 15) is 9.59 Å². The lowest BCUT2D eigenvalue weighted by Gasteiger charge is -2.32. The number of rotatable bonds is 4. The molecule has 0 atom stereocenters. The van der Waals surface area contributed by atoms with Crippen LogP contribution in [0.2, 0.25) is 0 Å². The molecule has 1 aliphatic rings. The molecule has 1 saturated heterocycles. The van der Waals surface area contributed by atoms with Gasteiger partial charge in [-0.15, -0.1) is 0 Å². The van der Waals surface area contributed by atoms with Gasteiger partial charge in [-0.3, -0.25) is 9.59 Å². The van der Waals surface area contributed by atoms with Crippen molar-refractivity contribution in [3.8, 4) is 0 Å². The van der Waals surface area contributed by atoms with E-state index in [0.717, 1.165) is 5.46 Å². The number of nitrogens with one attached hydrogen (secondary N) is 2. The van der Waals surface area contributed by atoms with Crippen molar-refractivity contribution in [1.82, 2.24) is 5.32 Å². The zero-order valence-corrected chi connectivity index (χ0v) is 16.8. The van der Waals surface area contributed by atoms with E-state index in [4.69, 9.17) is 9.31 Å². The normalized spacial score (nSPS) is 17.2. The van der Waals surface area contributed by atoms with Gasteiger partial charge >= 0.3 is 7.12 Å². The van der Waals surface area contributed by atoms with Crippen LogP contribution < -0.4 is 16.1 Å². The van der Waals surface area contributed by atoms with E-state index in [0.29, 0.717) is 16.8 Å². The van der Waals surface area contributed by atoms with Gasteiger partial charge in [-0.05, 0) is 69.6 Å². The average molecular weight is 380 g/mol. The Morgan fingerprint density at radius 3 is 2.04 bits per heavy atom. The van der Waals surface area contributed by atoms with Gasteiger partial charge in [-0.1, -0.05) is 12.1 Å². The summed E-state index contributed by atoms with van der Waals surface area (Å²) in [6, 6.07) is 13.9. The second-order valence-corrected chi connectivity index (χ2v) is 7.82. The van der Waals surface area contributed by atoms with Gasteiger partial charge in [0, 0.05) is 23.9 Å². The van der Waals surface area contributed by atoms with E-state index in [2.05, 4.69) is 10.6 Å². The number of carbonyl (C=O) groups excluding carboxylic acids is 2. The summed E-state index contributed by atoms with van der Waals surface area (Å²) >= 11 is 0. The fourth-order valence-corrected chi connectivity index (χ4v) is 2.86. The SMILES string of the molecule is CNC(=O)c1ccc(NC(=O)c2cccc(B3OC(C)(C)C(C)(C)O3)c2)cc1. The monoisotopic (exact) mass is 380 g/mol. The number of hydrogen-bond acceptors (Lipinski definition) is 4. The third-order valence-electron chi connectivity index (χ3n) is 5.31. The fourth-order valence-electron chi connectivity index (χ4n) is 2.86. The van der Waals surface area contributed by atoms with Crippen molar-refractivity contribution < 1.29 is 18.9 Å². The van der Waals surface area contributed by atoms with Crippen LogP contribution in [0.4, 0.5) is 5.69 Å². The van der Waals surface area contributed by atoms with E-state index in [1.807, 2.05) is 39.8 Å². The molecule has 0 radical (unpaired) electrons. The summed E-state index contributed by atoms with van der Waals surface area (Å²) < 4.78 is 12.1. The molecule has 146 valence electrons. The molecule has 0 unspecified atom stereocenters. The van der Waals surface area contributed by atoms with Crippen molar-refractivity contribution >= 4 is 30.1 Å². The molecule has 0 bridgehead atoms. The molecule has 0 aromatic heterocycles. The zero-order valence-electron chi connectivity index (χ0n) is 16.8. The Bertz CT molecular complexity index is 878. The summed E-state index contributed by atoms with van der Waals surface area (Å²) in [5.41, 5.74) is 1.55. The predicted molar refractivity (Wildman–Crippen MR) is 110 cm³/mol. The summed E-state index contributed by atoms with van der Waals surface area (Å²) in [5.74, 6) is -0.418. The minimum atomic E-state index is -0.524. The first-order chi connectivity index (χ1) is 13.1. The molecular weight excluding hydrogens is 355 g/mol. The van der Waals surface area contributed by atoms with Gasteiger partial charge < -0.3 is 19.9 Å². The minimum absolute atomic E-state index is 0.173. The van der Waals surface area contributed by atoms with Crippen LogP contribution in [0.25, 0.3) is 0 Å². The largest absolute Gasteiger partial charge is 0.494 e. The highest BCUT2D eigenvalue weighted by Gasteiger charge is 2.51. The Morgan fingerprint density at radius 2 is 1.46 bits per heavy atom. The molecule has 28 heavy (non-hydrogen) atoms. The van der Waals surface area contributed by atoms with Crippen LogP contribution in [0, 0.1) is 0 Å². The van der Waals surface area contributed by atoms with E-state index >= 15 is 0 Å². The van der Waals surface area contributed by atoms with Crippen molar-refractivity contribution in [2.24, 2.45) is 0 Å². The second kappa shape index (κ2) is 7.41. The Balaban J connectivity index is 1.73. The Hall–Kier alpha value is -2.64. The summed E-state index contributed by atoms with van der Waals surface area (Å²) in [5, 5.41) is 5.40. The molecule has 2 amide bonds. The van der Waals surface area contributed by atoms with Gasteiger partial charge in [0.1, 0.15) is 0 Å². The highest BCUT2D eigenvalue weighted by atomic mass is 16.7. The van der Waals surface area contributed by atoms with Crippen molar-refractivity contribution in [1.29, 1.82) is 0 Å². The molecule has 0 aliphatic carbocycles. The molecule has 6 nitrogen and oxygen atoms in total. The van der Waals surface area contributed by atoms with Crippen LogP contribution in [-0.2, 0) is 9.31 Å². The summed E-state index contributed by atoms with van der Waals surface area (Å²) in [6.07, 6.45) is 0. The third kappa shape index (κ3) is 3.95. The lowest BCUT2D eigenvalue weighted by molar-refractivity contribution is 0.00578. The number of hydrogen-bond donors (Lipinski definition) is 2. The lowest BCUT2D eigenvalue weighted by atomic mass is 9.78. The first-order valence-corrected chi connectivity index (χ1v) is 9.22. The van der Waals surface area contributed by atoms with E-state index in [1.54, 1.807) is 43.4 Å². The minimum Gasteiger partial charge on any atom is -0.399 e. The summed E-state index contributed by atoms with van der Waals surface area (Å²) in [7, 11) is 1.05. The lowest BCUT2D eigenvalue weighted by Crippen LogP contribution is -2.41. The van der Waals surface area contributed by atoms with Crippen LogP contribution in [-0.4, -0.2) is 37.2 Å². The Kier molecular flexibility index (Phi) is 5.32. The van der Waals surface area contributed by atoms with Crippen LogP contribution in [0.3, 0.4) is 0 Å². The van der Waals surface area contributed by atoms with Crippen molar-refractivity contribution in [2.45, 2.75) is 38.9 Å². The first-order valence-electron chi connectivity index (χ1n) is 9.22. The van der Waals surface area contributed by atoms with Gasteiger partial charge in [-0.25, -0.2) is 0 Å². The van der Waals surface area contributed by atoms with E-state index in [1.165, 1.54) is 0 Å². The van der Waals surface area contributed by atoms with Crippen LogP contribution in [0.15, 0.2) is 48.5 Å². The van der Waals surface area contributed by atoms with Gasteiger partial charge in [0.2, 0.25) is 0 Å². The molecule has 0 saturated carbocycles. The second-order valence-electron chi connectivity index (χ2n) is 7.82.